The van der Waals surface area contributed by atoms with Crippen molar-refractivity contribution in [3.05, 3.63) is 36.6 Å². The molecule has 0 aromatic carbocycles. The molecular formula is C9H15NO. The standard InChI is InChI=1S/C9H15NO/c1-3-5-6-9(4-2)11-8-7-10/h3-6H,2,7-8,10H2,1H3/b5-3-,9-6+. The third kappa shape index (κ3) is 5.43. The largest absolute Gasteiger partial charge is 0.492 e. The number of hydrogen-bond donors (Lipinski definition) is 1. The zero-order valence-corrected chi connectivity index (χ0v) is 6.92. The fourth-order valence-electron chi connectivity index (χ4n) is 0.543. The van der Waals surface area contributed by atoms with Gasteiger partial charge in [0.1, 0.15) is 12.4 Å². The van der Waals surface area contributed by atoms with E-state index in [2.05, 4.69) is 6.58 Å². The minimum absolute atomic E-state index is 0.529. The van der Waals surface area contributed by atoms with Crippen LogP contribution in [0.25, 0.3) is 0 Å². The molecule has 0 atom stereocenters. The maximum atomic E-state index is 5.26. The summed E-state index contributed by atoms with van der Waals surface area (Å²) in [6, 6.07) is 0. The van der Waals surface area contributed by atoms with Crippen molar-refractivity contribution in [3.63, 3.8) is 0 Å². The molecule has 0 aromatic heterocycles. The second kappa shape index (κ2) is 7.09. The molecule has 0 heterocycles. The van der Waals surface area contributed by atoms with Crippen molar-refractivity contribution in [1.82, 2.24) is 0 Å². The Labute approximate surface area is 68.0 Å². The summed E-state index contributed by atoms with van der Waals surface area (Å²) >= 11 is 0. The summed E-state index contributed by atoms with van der Waals surface area (Å²) in [6.45, 7) is 6.61. The molecule has 0 aliphatic carbocycles. The summed E-state index contributed by atoms with van der Waals surface area (Å²) in [5.41, 5.74) is 5.26. The molecule has 2 N–H and O–H groups in total. The first kappa shape index (κ1) is 9.98. The zero-order chi connectivity index (χ0) is 8.53. The van der Waals surface area contributed by atoms with Crippen molar-refractivity contribution in [3.8, 4) is 0 Å². The van der Waals surface area contributed by atoms with Crippen LogP contribution in [0.5, 0.6) is 0 Å². The number of rotatable bonds is 5. The smallest absolute Gasteiger partial charge is 0.118 e. The highest BCUT2D eigenvalue weighted by atomic mass is 16.5. The van der Waals surface area contributed by atoms with Crippen molar-refractivity contribution < 1.29 is 4.74 Å². The zero-order valence-electron chi connectivity index (χ0n) is 6.92. The van der Waals surface area contributed by atoms with Gasteiger partial charge in [-0.2, -0.15) is 0 Å². The quantitative estimate of drug-likeness (QED) is 0.481. The SMILES string of the molecule is C=C/C(=C\C=C/C)OCCN. The van der Waals surface area contributed by atoms with E-state index in [1.165, 1.54) is 0 Å². The molecule has 0 saturated heterocycles. The minimum atomic E-state index is 0.529. The molecule has 0 unspecified atom stereocenters. The van der Waals surface area contributed by atoms with Gasteiger partial charge in [0.15, 0.2) is 0 Å². The highest BCUT2D eigenvalue weighted by Gasteiger charge is 1.86. The van der Waals surface area contributed by atoms with E-state index in [9.17, 15) is 0 Å². The minimum Gasteiger partial charge on any atom is -0.492 e. The Morgan fingerprint density at radius 3 is 2.82 bits per heavy atom. The van der Waals surface area contributed by atoms with Crippen LogP contribution >= 0.6 is 0 Å². The molecule has 11 heavy (non-hydrogen) atoms. The summed E-state index contributed by atoms with van der Waals surface area (Å²) in [6.07, 6.45) is 7.33. The van der Waals surface area contributed by atoms with Gasteiger partial charge in [-0.3, -0.25) is 0 Å². The lowest BCUT2D eigenvalue weighted by atomic mass is 10.4. The normalized spacial score (nSPS) is 12.0. The average Bonchev–Trinajstić information content (AvgIpc) is 2.05. The molecule has 0 radical (unpaired) electrons. The van der Waals surface area contributed by atoms with Crippen LogP contribution in [-0.2, 0) is 4.74 Å². The number of ether oxygens (including phenoxy) is 1. The maximum absolute atomic E-state index is 5.26. The van der Waals surface area contributed by atoms with Gasteiger partial charge in [0.05, 0.1) is 0 Å². The van der Waals surface area contributed by atoms with Crippen molar-refractivity contribution in [2.45, 2.75) is 6.92 Å². The van der Waals surface area contributed by atoms with Crippen LogP contribution in [0.1, 0.15) is 6.92 Å². The lowest BCUT2D eigenvalue weighted by Crippen LogP contribution is -2.07. The predicted molar refractivity (Wildman–Crippen MR) is 48.1 cm³/mol. The molecule has 0 aromatic rings. The van der Waals surface area contributed by atoms with Crippen molar-refractivity contribution >= 4 is 0 Å². The van der Waals surface area contributed by atoms with Crippen molar-refractivity contribution in [1.29, 1.82) is 0 Å². The van der Waals surface area contributed by atoms with Gasteiger partial charge in [-0.15, -0.1) is 0 Å². The molecule has 0 bridgehead atoms. The first-order chi connectivity index (χ1) is 5.35. The van der Waals surface area contributed by atoms with Gasteiger partial charge in [0.2, 0.25) is 0 Å². The van der Waals surface area contributed by atoms with Gasteiger partial charge in [-0.1, -0.05) is 18.7 Å². The highest BCUT2D eigenvalue weighted by Crippen LogP contribution is 1.97. The van der Waals surface area contributed by atoms with Gasteiger partial charge < -0.3 is 10.5 Å². The molecule has 0 aliphatic rings. The van der Waals surface area contributed by atoms with E-state index in [-0.39, 0.29) is 0 Å². The molecule has 0 fully saturated rings. The van der Waals surface area contributed by atoms with Crippen LogP contribution in [0.2, 0.25) is 0 Å². The fraction of sp³-hybridized carbons (Fsp3) is 0.333. The number of hydrogen-bond acceptors (Lipinski definition) is 2. The lowest BCUT2D eigenvalue weighted by Gasteiger charge is -2.02. The van der Waals surface area contributed by atoms with E-state index in [4.69, 9.17) is 10.5 Å². The van der Waals surface area contributed by atoms with Crippen LogP contribution in [0, 0.1) is 0 Å². The molecule has 0 saturated carbocycles. The van der Waals surface area contributed by atoms with Crippen LogP contribution in [0.3, 0.4) is 0 Å². The summed E-state index contributed by atoms with van der Waals surface area (Å²) in [5.74, 6) is 0.758. The van der Waals surface area contributed by atoms with E-state index in [0.717, 1.165) is 5.76 Å². The first-order valence-electron chi connectivity index (χ1n) is 3.63. The summed E-state index contributed by atoms with van der Waals surface area (Å²) in [7, 11) is 0. The second-order valence-corrected chi connectivity index (χ2v) is 1.94. The maximum Gasteiger partial charge on any atom is 0.118 e. The molecule has 0 aliphatic heterocycles. The van der Waals surface area contributed by atoms with E-state index in [0.29, 0.717) is 13.2 Å². The second-order valence-electron chi connectivity index (χ2n) is 1.94. The lowest BCUT2D eigenvalue weighted by molar-refractivity contribution is 0.234. The molecule has 0 amide bonds. The van der Waals surface area contributed by atoms with Crippen LogP contribution in [0.4, 0.5) is 0 Å². The summed E-state index contributed by atoms with van der Waals surface area (Å²) in [5, 5.41) is 0. The average molecular weight is 153 g/mol. The fourth-order valence-corrected chi connectivity index (χ4v) is 0.543. The molecule has 0 rings (SSSR count). The van der Waals surface area contributed by atoms with E-state index in [1.807, 2.05) is 25.2 Å². The molecule has 2 heteroatoms. The van der Waals surface area contributed by atoms with Crippen molar-refractivity contribution in [2.75, 3.05) is 13.2 Å². The first-order valence-corrected chi connectivity index (χ1v) is 3.63. The third-order valence-corrected chi connectivity index (χ3v) is 1.04. The Morgan fingerprint density at radius 2 is 2.36 bits per heavy atom. The molecule has 2 nitrogen and oxygen atoms in total. The van der Waals surface area contributed by atoms with Gasteiger partial charge >= 0.3 is 0 Å². The summed E-state index contributed by atoms with van der Waals surface area (Å²) in [4.78, 5) is 0. The van der Waals surface area contributed by atoms with E-state index in [1.54, 1.807) is 6.08 Å². The van der Waals surface area contributed by atoms with Crippen LogP contribution < -0.4 is 5.73 Å². The Kier molecular flexibility index (Phi) is 6.43. The van der Waals surface area contributed by atoms with Gasteiger partial charge in [0.25, 0.3) is 0 Å². The van der Waals surface area contributed by atoms with Crippen LogP contribution in [-0.4, -0.2) is 13.2 Å². The predicted octanol–water partition coefficient (Wildman–Crippen LogP) is 1.61. The Morgan fingerprint density at radius 1 is 1.64 bits per heavy atom. The van der Waals surface area contributed by atoms with Gasteiger partial charge in [-0.25, -0.2) is 0 Å². The highest BCUT2D eigenvalue weighted by molar-refractivity contribution is 5.15. The number of nitrogens with two attached hydrogens (primary N) is 1. The van der Waals surface area contributed by atoms with Crippen LogP contribution in [0.15, 0.2) is 36.6 Å². The molecular weight excluding hydrogens is 138 g/mol. The topological polar surface area (TPSA) is 35.2 Å². The molecule has 62 valence electrons. The third-order valence-electron chi connectivity index (χ3n) is 1.04. The van der Waals surface area contributed by atoms with E-state index < -0.39 is 0 Å². The number of allylic oxidation sites excluding steroid dienone is 4. The van der Waals surface area contributed by atoms with Crippen molar-refractivity contribution in [2.24, 2.45) is 5.73 Å². The Balaban J connectivity index is 3.83. The van der Waals surface area contributed by atoms with Gasteiger partial charge in [-0.05, 0) is 19.1 Å². The van der Waals surface area contributed by atoms with Gasteiger partial charge in [0, 0.05) is 6.54 Å². The Bertz CT molecular complexity index is 159. The monoisotopic (exact) mass is 153 g/mol. The molecule has 0 spiro atoms. The summed E-state index contributed by atoms with van der Waals surface area (Å²) < 4.78 is 5.21. The van der Waals surface area contributed by atoms with E-state index >= 15 is 0 Å². The Hall–Kier alpha value is -1.02.